The quantitative estimate of drug-likeness (QED) is 0.536. The number of nitrogens with one attached hydrogen (secondary N) is 3. The van der Waals surface area contributed by atoms with Crippen molar-refractivity contribution >= 4 is 46.7 Å². The Morgan fingerprint density at radius 1 is 1.42 bits per heavy atom. The summed E-state index contributed by atoms with van der Waals surface area (Å²) in [6.45, 7) is 2.02. The Bertz CT molecular complexity index is 915. The van der Waals surface area contributed by atoms with E-state index in [9.17, 15) is 14.4 Å². The normalized spacial score (nSPS) is 15.9. The van der Waals surface area contributed by atoms with Gasteiger partial charge in [-0.1, -0.05) is 36.4 Å². The summed E-state index contributed by atoms with van der Waals surface area (Å²) in [4.78, 5) is 44.2. The molecule has 7 nitrogen and oxygen atoms in total. The van der Waals surface area contributed by atoms with Crippen LogP contribution in [0.3, 0.4) is 0 Å². The summed E-state index contributed by atoms with van der Waals surface area (Å²) < 4.78 is 0. The monoisotopic (exact) mass is 392 g/mol. The summed E-state index contributed by atoms with van der Waals surface area (Å²) in [5, 5.41) is 6.19. The maximum atomic E-state index is 12.7. The molecule has 1 atom stereocenters. The van der Waals surface area contributed by atoms with E-state index in [1.165, 1.54) is 11.8 Å². The molecule has 0 aliphatic carbocycles. The number of aromatic amines is 1. The van der Waals surface area contributed by atoms with Crippen molar-refractivity contribution < 1.29 is 9.59 Å². The minimum absolute atomic E-state index is 0.119. The molecule has 2 heterocycles. The number of aromatic nitrogens is 2. The number of amides is 2. The third-order valence-electron chi connectivity index (χ3n) is 3.78. The molecule has 2 aromatic rings. The zero-order valence-corrected chi connectivity index (χ0v) is 15.5. The first-order valence-electron chi connectivity index (χ1n) is 8.11. The van der Waals surface area contributed by atoms with E-state index in [-0.39, 0.29) is 23.7 Å². The molecule has 1 aliphatic rings. The van der Waals surface area contributed by atoms with E-state index < -0.39 is 17.4 Å². The van der Waals surface area contributed by atoms with Gasteiger partial charge in [-0.3, -0.25) is 14.4 Å². The molecule has 0 unspecified atom stereocenters. The van der Waals surface area contributed by atoms with Crippen LogP contribution in [0.2, 0.25) is 5.02 Å². The zero-order chi connectivity index (χ0) is 18.7. The number of hydrogen-bond donors (Lipinski definition) is 3. The largest absolute Gasteiger partial charge is 0.325 e. The lowest BCUT2D eigenvalue weighted by molar-refractivity contribution is -0.123. The molecule has 1 aliphatic heterocycles. The van der Waals surface area contributed by atoms with Crippen LogP contribution in [-0.2, 0) is 9.59 Å². The van der Waals surface area contributed by atoms with Crippen molar-refractivity contribution in [3.05, 3.63) is 45.2 Å². The Balaban J connectivity index is 1.91. The highest BCUT2D eigenvalue weighted by Crippen LogP contribution is 2.30. The van der Waals surface area contributed by atoms with E-state index in [1.54, 1.807) is 24.3 Å². The zero-order valence-electron chi connectivity index (χ0n) is 14.0. The van der Waals surface area contributed by atoms with Crippen LogP contribution < -0.4 is 16.2 Å². The first kappa shape index (κ1) is 18.5. The van der Waals surface area contributed by atoms with Crippen molar-refractivity contribution in [2.45, 2.75) is 30.8 Å². The first-order chi connectivity index (χ1) is 12.5. The van der Waals surface area contributed by atoms with Crippen LogP contribution in [0.1, 0.15) is 31.2 Å². The van der Waals surface area contributed by atoms with E-state index in [0.29, 0.717) is 15.9 Å². The summed E-state index contributed by atoms with van der Waals surface area (Å²) in [7, 11) is 0. The number of carbonyl (C=O) groups is 2. The van der Waals surface area contributed by atoms with Crippen LogP contribution in [0, 0.1) is 0 Å². The Kier molecular flexibility index (Phi) is 5.63. The molecule has 136 valence electrons. The van der Waals surface area contributed by atoms with Crippen LogP contribution in [-0.4, -0.2) is 27.5 Å². The number of H-pyrrole nitrogens is 1. The van der Waals surface area contributed by atoms with Crippen molar-refractivity contribution in [3.63, 3.8) is 0 Å². The van der Waals surface area contributed by atoms with Crippen molar-refractivity contribution in [2.24, 2.45) is 0 Å². The molecule has 0 spiro atoms. The first-order valence-corrected chi connectivity index (χ1v) is 9.47. The van der Waals surface area contributed by atoms with Gasteiger partial charge in [0, 0.05) is 22.9 Å². The molecule has 1 aromatic heterocycles. The molecule has 26 heavy (non-hydrogen) atoms. The maximum absolute atomic E-state index is 12.7. The molecule has 1 aromatic carbocycles. The number of nitrogens with zero attached hydrogens (tertiary/aromatic N) is 1. The predicted octanol–water partition coefficient (Wildman–Crippen LogP) is 2.99. The molecule has 0 saturated carbocycles. The number of rotatable bonds is 5. The Labute approximate surface area is 158 Å². The van der Waals surface area contributed by atoms with Gasteiger partial charge in [0.05, 0.1) is 11.5 Å². The van der Waals surface area contributed by atoms with Crippen LogP contribution in [0.5, 0.6) is 0 Å². The summed E-state index contributed by atoms with van der Waals surface area (Å²) in [5.41, 5.74) is 0.249. The molecule has 9 heteroatoms. The molecule has 2 amide bonds. The molecule has 0 radical (unpaired) electrons. The van der Waals surface area contributed by atoms with Crippen LogP contribution in [0.4, 0.5) is 11.5 Å². The second-order valence-corrected chi connectivity index (χ2v) is 7.31. The van der Waals surface area contributed by atoms with Gasteiger partial charge in [0.15, 0.2) is 5.16 Å². The van der Waals surface area contributed by atoms with Gasteiger partial charge < -0.3 is 15.6 Å². The van der Waals surface area contributed by atoms with Gasteiger partial charge >= 0.3 is 0 Å². The number of fused-ring (bicyclic) bond motifs is 1. The summed E-state index contributed by atoms with van der Waals surface area (Å²) >= 11 is 7.31. The SMILES string of the molecule is CCCSc1nc2c(c(=O)[nH]1)[C@@H](C(=O)Nc1cccc(Cl)c1)CC(=O)N2. The average molecular weight is 393 g/mol. The van der Waals surface area contributed by atoms with E-state index in [0.717, 1.165) is 12.2 Å². The minimum atomic E-state index is -0.917. The number of hydrogen-bond acceptors (Lipinski definition) is 5. The highest BCUT2D eigenvalue weighted by atomic mass is 35.5. The van der Waals surface area contributed by atoms with E-state index in [1.807, 2.05) is 6.92 Å². The fourth-order valence-corrected chi connectivity index (χ4v) is 3.55. The highest BCUT2D eigenvalue weighted by molar-refractivity contribution is 7.99. The van der Waals surface area contributed by atoms with E-state index >= 15 is 0 Å². The summed E-state index contributed by atoms with van der Waals surface area (Å²) in [5.74, 6) is -0.791. The van der Waals surface area contributed by atoms with E-state index in [4.69, 9.17) is 11.6 Å². The lowest BCUT2D eigenvalue weighted by Crippen LogP contribution is -2.36. The topological polar surface area (TPSA) is 104 Å². The molecular formula is C17H17ClN4O3S. The number of thioether (sulfide) groups is 1. The maximum Gasteiger partial charge on any atom is 0.257 e. The number of carbonyl (C=O) groups excluding carboxylic acids is 2. The third kappa shape index (κ3) is 4.08. The van der Waals surface area contributed by atoms with Crippen molar-refractivity contribution in [2.75, 3.05) is 16.4 Å². The fourth-order valence-electron chi connectivity index (χ4n) is 2.64. The van der Waals surface area contributed by atoms with Crippen LogP contribution in [0.15, 0.2) is 34.2 Å². The van der Waals surface area contributed by atoms with Gasteiger partial charge in [-0.15, -0.1) is 0 Å². The number of benzene rings is 1. The lowest BCUT2D eigenvalue weighted by Gasteiger charge is -2.23. The molecular weight excluding hydrogens is 376 g/mol. The second kappa shape index (κ2) is 7.92. The third-order valence-corrected chi connectivity index (χ3v) is 5.10. The Morgan fingerprint density at radius 2 is 2.23 bits per heavy atom. The molecule has 3 rings (SSSR count). The molecule has 0 fully saturated rings. The Morgan fingerprint density at radius 3 is 2.96 bits per heavy atom. The van der Waals surface area contributed by atoms with Crippen LogP contribution >= 0.6 is 23.4 Å². The minimum Gasteiger partial charge on any atom is -0.325 e. The van der Waals surface area contributed by atoms with Gasteiger partial charge in [-0.05, 0) is 24.6 Å². The fraction of sp³-hybridized carbons (Fsp3) is 0.294. The molecule has 0 bridgehead atoms. The lowest BCUT2D eigenvalue weighted by atomic mass is 9.92. The average Bonchev–Trinajstić information content (AvgIpc) is 2.58. The van der Waals surface area contributed by atoms with E-state index in [2.05, 4.69) is 20.6 Å². The van der Waals surface area contributed by atoms with Crippen molar-refractivity contribution in [3.8, 4) is 0 Å². The summed E-state index contributed by atoms with van der Waals surface area (Å²) in [6.07, 6.45) is 0.800. The van der Waals surface area contributed by atoms with Crippen LogP contribution in [0.25, 0.3) is 0 Å². The smallest absolute Gasteiger partial charge is 0.257 e. The standard InChI is InChI=1S/C17H17ClN4O3S/c1-2-6-26-17-21-14-13(16(25)22-17)11(8-12(23)20-14)15(24)19-10-5-3-4-9(18)7-10/h3-5,7,11H,2,6,8H2,1H3,(H,19,24)(H2,20,21,22,23,25)/t11-/m0/s1. The van der Waals surface area contributed by atoms with Gasteiger partial charge in [0.2, 0.25) is 11.8 Å². The molecule has 3 N–H and O–H groups in total. The van der Waals surface area contributed by atoms with Crippen molar-refractivity contribution in [1.82, 2.24) is 9.97 Å². The van der Waals surface area contributed by atoms with Gasteiger partial charge in [-0.25, -0.2) is 4.98 Å². The van der Waals surface area contributed by atoms with Crippen molar-refractivity contribution in [1.29, 1.82) is 0 Å². The number of anilines is 2. The van der Waals surface area contributed by atoms with Gasteiger partial charge in [0.25, 0.3) is 5.56 Å². The number of halogens is 1. The second-order valence-electron chi connectivity index (χ2n) is 5.79. The Hall–Kier alpha value is -2.32. The van der Waals surface area contributed by atoms with Gasteiger partial charge in [0.1, 0.15) is 5.82 Å². The highest BCUT2D eigenvalue weighted by Gasteiger charge is 2.34. The van der Waals surface area contributed by atoms with Gasteiger partial charge in [-0.2, -0.15) is 0 Å². The molecule has 0 saturated heterocycles. The predicted molar refractivity (Wildman–Crippen MR) is 102 cm³/mol. The summed E-state index contributed by atoms with van der Waals surface area (Å²) in [6, 6.07) is 6.66.